The standard InChI is InChI=1S/C9H19NS/c1-3-5-6-8-10(9-11)7-4-2/h9H,3-8H2,1-2H3. The van der Waals surface area contributed by atoms with Gasteiger partial charge in [-0.05, 0) is 12.8 Å². The second-order valence-electron chi connectivity index (χ2n) is 2.85. The van der Waals surface area contributed by atoms with Gasteiger partial charge in [-0.1, -0.05) is 38.9 Å². The lowest BCUT2D eigenvalue weighted by molar-refractivity contribution is 0.418. The average Bonchev–Trinajstić information content (AvgIpc) is 2.03. The van der Waals surface area contributed by atoms with Crippen molar-refractivity contribution in [1.82, 2.24) is 4.90 Å². The lowest BCUT2D eigenvalue weighted by atomic mass is 10.2. The zero-order valence-corrected chi connectivity index (χ0v) is 8.49. The minimum atomic E-state index is 1.12. The van der Waals surface area contributed by atoms with Crippen LogP contribution in [0.2, 0.25) is 0 Å². The highest BCUT2D eigenvalue weighted by Crippen LogP contribution is 1.97. The summed E-state index contributed by atoms with van der Waals surface area (Å²) in [6.07, 6.45) is 5.09. The molecule has 1 nitrogen and oxygen atoms in total. The van der Waals surface area contributed by atoms with Crippen molar-refractivity contribution >= 4 is 17.7 Å². The molecule has 0 N–H and O–H groups in total. The van der Waals surface area contributed by atoms with Crippen molar-refractivity contribution in [2.45, 2.75) is 39.5 Å². The normalized spacial score (nSPS) is 9.64. The van der Waals surface area contributed by atoms with Gasteiger partial charge in [0.1, 0.15) is 0 Å². The Bertz CT molecular complexity index is 93.6. The third-order valence-corrected chi connectivity index (χ3v) is 2.01. The smallest absolute Gasteiger partial charge is 0.0640 e. The second-order valence-corrected chi connectivity index (χ2v) is 3.06. The maximum Gasteiger partial charge on any atom is 0.0640 e. The summed E-state index contributed by atoms with van der Waals surface area (Å²) in [6, 6.07) is 0. The molecule has 0 bridgehead atoms. The lowest BCUT2D eigenvalue weighted by Gasteiger charge is -2.17. The molecule has 0 aromatic heterocycles. The summed E-state index contributed by atoms with van der Waals surface area (Å²) >= 11 is 4.89. The molecule has 0 aliphatic rings. The van der Waals surface area contributed by atoms with Crippen LogP contribution in [-0.4, -0.2) is 23.5 Å². The number of nitrogens with zero attached hydrogens (tertiary/aromatic N) is 1. The fourth-order valence-corrected chi connectivity index (χ4v) is 1.28. The highest BCUT2D eigenvalue weighted by molar-refractivity contribution is 7.78. The van der Waals surface area contributed by atoms with Crippen molar-refractivity contribution in [1.29, 1.82) is 0 Å². The van der Waals surface area contributed by atoms with Gasteiger partial charge in [-0.15, -0.1) is 0 Å². The maximum absolute atomic E-state index is 4.89. The summed E-state index contributed by atoms with van der Waals surface area (Å²) in [5.41, 5.74) is 1.79. The number of hydrogen-bond acceptors (Lipinski definition) is 1. The van der Waals surface area contributed by atoms with Gasteiger partial charge >= 0.3 is 0 Å². The van der Waals surface area contributed by atoms with Gasteiger partial charge in [0.25, 0.3) is 0 Å². The van der Waals surface area contributed by atoms with Crippen molar-refractivity contribution in [3.05, 3.63) is 0 Å². The molecular formula is C9H19NS. The first-order chi connectivity index (χ1) is 5.35. The number of thiocarbonyl (C=S) groups is 1. The van der Waals surface area contributed by atoms with E-state index in [1.54, 1.807) is 5.49 Å². The Balaban J connectivity index is 3.28. The zero-order valence-electron chi connectivity index (χ0n) is 7.68. The van der Waals surface area contributed by atoms with E-state index in [2.05, 4.69) is 18.7 Å². The number of unbranched alkanes of at least 4 members (excludes halogenated alkanes) is 2. The third-order valence-electron chi connectivity index (χ3n) is 1.71. The first-order valence-electron chi connectivity index (χ1n) is 4.54. The van der Waals surface area contributed by atoms with Crippen LogP contribution in [0, 0.1) is 0 Å². The monoisotopic (exact) mass is 173 g/mol. The zero-order chi connectivity index (χ0) is 8.53. The second kappa shape index (κ2) is 7.99. The highest BCUT2D eigenvalue weighted by Gasteiger charge is 1.95. The van der Waals surface area contributed by atoms with Gasteiger partial charge in [0.15, 0.2) is 0 Å². The molecule has 0 radical (unpaired) electrons. The number of rotatable bonds is 7. The van der Waals surface area contributed by atoms with E-state index >= 15 is 0 Å². The van der Waals surface area contributed by atoms with Crippen LogP contribution in [0.1, 0.15) is 39.5 Å². The van der Waals surface area contributed by atoms with Crippen LogP contribution < -0.4 is 0 Å². The van der Waals surface area contributed by atoms with Crippen LogP contribution in [0.4, 0.5) is 0 Å². The largest absolute Gasteiger partial charge is 0.369 e. The fourth-order valence-electron chi connectivity index (χ4n) is 1.07. The Hall–Kier alpha value is -0.110. The summed E-state index contributed by atoms with van der Waals surface area (Å²) in [6.45, 7) is 6.67. The quantitative estimate of drug-likeness (QED) is 0.430. The Morgan fingerprint density at radius 2 is 1.82 bits per heavy atom. The van der Waals surface area contributed by atoms with Crippen molar-refractivity contribution < 1.29 is 0 Å². The Labute approximate surface area is 75.8 Å². The van der Waals surface area contributed by atoms with E-state index in [9.17, 15) is 0 Å². The molecule has 0 aromatic rings. The molecule has 0 aliphatic carbocycles. The van der Waals surface area contributed by atoms with E-state index in [0.29, 0.717) is 0 Å². The molecule has 0 saturated heterocycles. The maximum atomic E-state index is 4.89. The fraction of sp³-hybridized carbons (Fsp3) is 0.889. The van der Waals surface area contributed by atoms with Crippen LogP contribution in [0.5, 0.6) is 0 Å². The Morgan fingerprint density at radius 3 is 2.27 bits per heavy atom. The molecule has 0 spiro atoms. The minimum Gasteiger partial charge on any atom is -0.369 e. The summed E-state index contributed by atoms with van der Waals surface area (Å²) in [5.74, 6) is 0. The molecule has 0 amide bonds. The van der Waals surface area contributed by atoms with Gasteiger partial charge in [-0.3, -0.25) is 0 Å². The van der Waals surface area contributed by atoms with Gasteiger partial charge in [0.2, 0.25) is 0 Å². The van der Waals surface area contributed by atoms with E-state index in [-0.39, 0.29) is 0 Å². The van der Waals surface area contributed by atoms with Crippen LogP contribution in [0.25, 0.3) is 0 Å². The van der Waals surface area contributed by atoms with Crippen molar-refractivity contribution in [2.75, 3.05) is 13.1 Å². The van der Waals surface area contributed by atoms with Gasteiger partial charge in [-0.2, -0.15) is 0 Å². The molecule has 0 rings (SSSR count). The molecule has 0 atom stereocenters. The van der Waals surface area contributed by atoms with Gasteiger partial charge in [0.05, 0.1) is 5.49 Å². The van der Waals surface area contributed by atoms with Crippen molar-refractivity contribution in [3.8, 4) is 0 Å². The molecule has 0 aromatic carbocycles. The van der Waals surface area contributed by atoms with E-state index < -0.39 is 0 Å². The molecule has 0 heterocycles. The topological polar surface area (TPSA) is 3.24 Å². The molecule has 0 aliphatic heterocycles. The molecule has 0 saturated carbocycles. The molecule has 0 fully saturated rings. The average molecular weight is 173 g/mol. The van der Waals surface area contributed by atoms with Crippen LogP contribution >= 0.6 is 12.2 Å². The van der Waals surface area contributed by atoms with Crippen LogP contribution in [-0.2, 0) is 0 Å². The predicted octanol–water partition coefficient (Wildman–Crippen LogP) is 2.85. The molecule has 66 valence electrons. The first kappa shape index (κ1) is 10.9. The van der Waals surface area contributed by atoms with Crippen LogP contribution in [0.3, 0.4) is 0 Å². The molecule has 11 heavy (non-hydrogen) atoms. The minimum absolute atomic E-state index is 1.12. The SMILES string of the molecule is CCCCCN(C=S)CCC. The third kappa shape index (κ3) is 6.29. The highest BCUT2D eigenvalue weighted by atomic mass is 32.1. The van der Waals surface area contributed by atoms with E-state index in [4.69, 9.17) is 12.2 Å². The predicted molar refractivity (Wildman–Crippen MR) is 55.0 cm³/mol. The summed E-state index contributed by atoms with van der Waals surface area (Å²) in [5, 5.41) is 0. The van der Waals surface area contributed by atoms with E-state index in [0.717, 1.165) is 13.1 Å². The van der Waals surface area contributed by atoms with Crippen molar-refractivity contribution in [2.24, 2.45) is 0 Å². The van der Waals surface area contributed by atoms with E-state index in [1.165, 1.54) is 25.7 Å². The molecule has 0 unspecified atom stereocenters. The molecule has 2 heteroatoms. The summed E-state index contributed by atoms with van der Waals surface area (Å²) < 4.78 is 0. The lowest BCUT2D eigenvalue weighted by Crippen LogP contribution is -2.22. The summed E-state index contributed by atoms with van der Waals surface area (Å²) in [7, 11) is 0. The van der Waals surface area contributed by atoms with Crippen LogP contribution in [0.15, 0.2) is 0 Å². The Kier molecular flexibility index (Phi) is 7.91. The molecular weight excluding hydrogens is 154 g/mol. The van der Waals surface area contributed by atoms with Gasteiger partial charge in [-0.25, -0.2) is 0 Å². The number of hydrogen-bond donors (Lipinski definition) is 0. The first-order valence-corrected chi connectivity index (χ1v) is 5.01. The van der Waals surface area contributed by atoms with Gasteiger partial charge < -0.3 is 4.90 Å². The van der Waals surface area contributed by atoms with Crippen molar-refractivity contribution in [3.63, 3.8) is 0 Å². The van der Waals surface area contributed by atoms with E-state index in [1.807, 2.05) is 0 Å². The summed E-state index contributed by atoms with van der Waals surface area (Å²) in [4.78, 5) is 2.23. The van der Waals surface area contributed by atoms with Gasteiger partial charge in [0, 0.05) is 13.1 Å². The Morgan fingerprint density at radius 1 is 1.09 bits per heavy atom.